The fourth-order valence-corrected chi connectivity index (χ4v) is 2.60. The molecule has 1 unspecified atom stereocenters. The van der Waals surface area contributed by atoms with Gasteiger partial charge >= 0.3 is 5.97 Å². The number of piperazine rings is 1. The van der Waals surface area contributed by atoms with Crippen molar-refractivity contribution in [2.75, 3.05) is 39.3 Å². The van der Waals surface area contributed by atoms with Crippen molar-refractivity contribution >= 4 is 11.9 Å². The molecule has 18 heavy (non-hydrogen) atoms. The molecule has 0 aromatic heterocycles. The summed E-state index contributed by atoms with van der Waals surface area (Å²) in [7, 11) is 0. The number of carboxylic acid groups (broad SMARTS) is 1. The number of carbonyl (C=O) groups excluding carboxylic acids is 1. The molecule has 102 valence electrons. The Labute approximate surface area is 107 Å². The number of nitrogens with zero attached hydrogens (tertiary/aromatic N) is 2. The number of piperidine rings is 1. The first-order valence-electron chi connectivity index (χ1n) is 6.63. The van der Waals surface area contributed by atoms with E-state index in [1.807, 2.05) is 9.80 Å². The average molecular weight is 255 g/mol. The zero-order valence-corrected chi connectivity index (χ0v) is 10.6. The summed E-state index contributed by atoms with van der Waals surface area (Å²) in [5.41, 5.74) is 0. The Kier molecular flexibility index (Phi) is 4.54. The Hall–Kier alpha value is -1.14. The van der Waals surface area contributed by atoms with E-state index in [9.17, 15) is 9.59 Å². The summed E-state index contributed by atoms with van der Waals surface area (Å²) in [6, 6.07) is -0.0234. The van der Waals surface area contributed by atoms with Gasteiger partial charge in [0.15, 0.2) is 0 Å². The van der Waals surface area contributed by atoms with Crippen LogP contribution < -0.4 is 5.32 Å². The number of carbonyl (C=O) groups is 2. The van der Waals surface area contributed by atoms with Crippen molar-refractivity contribution in [1.82, 2.24) is 15.1 Å². The molecule has 1 amide bonds. The molecule has 2 aliphatic rings. The molecule has 0 aromatic carbocycles. The highest BCUT2D eigenvalue weighted by Crippen LogP contribution is 2.11. The summed E-state index contributed by atoms with van der Waals surface area (Å²) in [4.78, 5) is 26.5. The van der Waals surface area contributed by atoms with Crippen molar-refractivity contribution in [2.24, 2.45) is 0 Å². The molecule has 6 heteroatoms. The van der Waals surface area contributed by atoms with Crippen molar-refractivity contribution in [3.8, 4) is 0 Å². The van der Waals surface area contributed by atoms with Gasteiger partial charge in [-0.1, -0.05) is 6.42 Å². The molecule has 2 rings (SSSR count). The summed E-state index contributed by atoms with van der Waals surface area (Å²) < 4.78 is 0. The SMILES string of the molecule is O=C(O)CN1CCN(C(=O)C2CCCCN2)CC1. The first-order valence-corrected chi connectivity index (χ1v) is 6.63. The monoisotopic (exact) mass is 255 g/mol. The van der Waals surface area contributed by atoms with E-state index in [0.29, 0.717) is 26.2 Å². The number of hydrogen-bond acceptors (Lipinski definition) is 4. The molecule has 0 aliphatic carbocycles. The molecular formula is C12H21N3O3. The van der Waals surface area contributed by atoms with Crippen LogP contribution in [-0.4, -0.2) is 72.1 Å². The quantitative estimate of drug-likeness (QED) is 0.701. The van der Waals surface area contributed by atoms with Crippen LogP contribution in [0.1, 0.15) is 19.3 Å². The van der Waals surface area contributed by atoms with E-state index in [0.717, 1.165) is 25.8 Å². The van der Waals surface area contributed by atoms with Gasteiger partial charge in [-0.25, -0.2) is 0 Å². The van der Waals surface area contributed by atoms with Gasteiger partial charge in [-0.2, -0.15) is 0 Å². The number of carboxylic acids is 1. The highest BCUT2D eigenvalue weighted by atomic mass is 16.4. The van der Waals surface area contributed by atoms with Crippen molar-refractivity contribution < 1.29 is 14.7 Å². The Bertz CT molecular complexity index is 308. The summed E-state index contributed by atoms with van der Waals surface area (Å²) in [5.74, 6) is -0.617. The van der Waals surface area contributed by atoms with Crippen LogP contribution in [0.25, 0.3) is 0 Å². The predicted octanol–water partition coefficient (Wildman–Crippen LogP) is -0.643. The second-order valence-corrected chi connectivity index (χ2v) is 5.00. The van der Waals surface area contributed by atoms with E-state index in [-0.39, 0.29) is 18.5 Å². The Morgan fingerprint density at radius 3 is 2.44 bits per heavy atom. The summed E-state index contributed by atoms with van der Waals surface area (Å²) in [5, 5.41) is 12.0. The molecule has 2 heterocycles. The molecule has 2 N–H and O–H groups in total. The van der Waals surface area contributed by atoms with E-state index in [4.69, 9.17) is 5.11 Å². The second kappa shape index (κ2) is 6.15. The molecule has 2 aliphatic heterocycles. The molecule has 0 spiro atoms. The van der Waals surface area contributed by atoms with E-state index in [2.05, 4.69) is 5.32 Å². The zero-order valence-electron chi connectivity index (χ0n) is 10.6. The maximum absolute atomic E-state index is 12.2. The third-order valence-electron chi connectivity index (χ3n) is 3.65. The maximum atomic E-state index is 12.2. The Balaban J connectivity index is 1.78. The normalized spacial score (nSPS) is 26.0. The van der Waals surface area contributed by atoms with Crippen LogP contribution in [0.4, 0.5) is 0 Å². The Morgan fingerprint density at radius 1 is 1.17 bits per heavy atom. The lowest BCUT2D eigenvalue weighted by molar-refractivity contribution is -0.140. The van der Waals surface area contributed by atoms with Crippen molar-refractivity contribution in [2.45, 2.75) is 25.3 Å². The Morgan fingerprint density at radius 2 is 1.89 bits per heavy atom. The van der Waals surface area contributed by atoms with Crippen LogP contribution in [-0.2, 0) is 9.59 Å². The minimum absolute atomic E-state index is 0.0234. The van der Waals surface area contributed by atoms with E-state index >= 15 is 0 Å². The predicted molar refractivity (Wildman–Crippen MR) is 66.3 cm³/mol. The van der Waals surface area contributed by atoms with Crippen LogP contribution in [0.15, 0.2) is 0 Å². The van der Waals surface area contributed by atoms with Crippen LogP contribution in [0.3, 0.4) is 0 Å². The summed E-state index contributed by atoms with van der Waals surface area (Å²) in [6.07, 6.45) is 3.19. The molecule has 2 saturated heterocycles. The summed E-state index contributed by atoms with van der Waals surface area (Å²) >= 11 is 0. The van der Waals surface area contributed by atoms with Crippen molar-refractivity contribution in [3.05, 3.63) is 0 Å². The third-order valence-corrected chi connectivity index (χ3v) is 3.65. The van der Waals surface area contributed by atoms with Crippen molar-refractivity contribution in [3.63, 3.8) is 0 Å². The van der Waals surface area contributed by atoms with Crippen LogP contribution in [0.2, 0.25) is 0 Å². The fraction of sp³-hybridized carbons (Fsp3) is 0.833. The van der Waals surface area contributed by atoms with E-state index in [1.165, 1.54) is 0 Å². The lowest BCUT2D eigenvalue weighted by atomic mass is 10.0. The molecule has 0 saturated carbocycles. The number of hydrogen-bond donors (Lipinski definition) is 2. The second-order valence-electron chi connectivity index (χ2n) is 5.00. The number of amides is 1. The highest BCUT2D eigenvalue weighted by Gasteiger charge is 2.28. The lowest BCUT2D eigenvalue weighted by Gasteiger charge is -2.36. The van der Waals surface area contributed by atoms with E-state index < -0.39 is 5.97 Å². The number of aliphatic carboxylic acids is 1. The molecule has 2 fully saturated rings. The molecule has 1 atom stereocenters. The standard InChI is InChI=1S/C12H21N3O3/c16-11(17)9-14-5-7-15(8-6-14)12(18)10-3-1-2-4-13-10/h10,13H,1-9H2,(H,16,17). The summed E-state index contributed by atoms with van der Waals surface area (Å²) in [6.45, 7) is 3.60. The molecular weight excluding hydrogens is 234 g/mol. The lowest BCUT2D eigenvalue weighted by Crippen LogP contribution is -2.55. The van der Waals surface area contributed by atoms with Crippen molar-refractivity contribution in [1.29, 1.82) is 0 Å². The van der Waals surface area contributed by atoms with Gasteiger partial charge in [0, 0.05) is 26.2 Å². The molecule has 6 nitrogen and oxygen atoms in total. The molecule has 0 aromatic rings. The fourth-order valence-electron chi connectivity index (χ4n) is 2.60. The largest absolute Gasteiger partial charge is 0.480 e. The van der Waals surface area contributed by atoms with E-state index in [1.54, 1.807) is 0 Å². The number of rotatable bonds is 3. The van der Waals surface area contributed by atoms with Gasteiger partial charge in [-0.05, 0) is 19.4 Å². The molecule has 0 bridgehead atoms. The van der Waals surface area contributed by atoms with Crippen LogP contribution in [0, 0.1) is 0 Å². The van der Waals surface area contributed by atoms with Gasteiger partial charge in [0.05, 0.1) is 12.6 Å². The van der Waals surface area contributed by atoms with Gasteiger partial charge < -0.3 is 15.3 Å². The van der Waals surface area contributed by atoms with Gasteiger partial charge in [0.1, 0.15) is 0 Å². The topological polar surface area (TPSA) is 72.9 Å². The third kappa shape index (κ3) is 3.43. The zero-order chi connectivity index (χ0) is 13.0. The van der Waals surface area contributed by atoms with Gasteiger partial charge in [-0.3, -0.25) is 14.5 Å². The maximum Gasteiger partial charge on any atom is 0.317 e. The van der Waals surface area contributed by atoms with Crippen LogP contribution >= 0.6 is 0 Å². The van der Waals surface area contributed by atoms with Crippen LogP contribution in [0.5, 0.6) is 0 Å². The first-order chi connectivity index (χ1) is 8.66. The minimum atomic E-state index is -0.802. The molecule has 0 radical (unpaired) electrons. The number of nitrogens with one attached hydrogen (secondary N) is 1. The smallest absolute Gasteiger partial charge is 0.317 e. The van der Waals surface area contributed by atoms with Gasteiger partial charge in [-0.15, -0.1) is 0 Å². The first kappa shape index (κ1) is 13.3. The van der Waals surface area contributed by atoms with Gasteiger partial charge in [0.25, 0.3) is 0 Å². The average Bonchev–Trinajstić information content (AvgIpc) is 2.39. The highest BCUT2D eigenvalue weighted by molar-refractivity contribution is 5.82. The van der Waals surface area contributed by atoms with Gasteiger partial charge in [0.2, 0.25) is 5.91 Å². The minimum Gasteiger partial charge on any atom is -0.480 e.